The van der Waals surface area contributed by atoms with Crippen LogP contribution in [0.1, 0.15) is 42.8 Å². The zero-order valence-electron chi connectivity index (χ0n) is 16.9. The van der Waals surface area contributed by atoms with Gasteiger partial charge in [0, 0.05) is 29.4 Å². The summed E-state index contributed by atoms with van der Waals surface area (Å²) < 4.78 is 18.5. The smallest absolute Gasteiger partial charge is 0.255 e. The zero-order valence-corrected chi connectivity index (χ0v) is 16.9. The maximum absolute atomic E-state index is 12.8. The van der Waals surface area contributed by atoms with Gasteiger partial charge in [0.05, 0.1) is 31.6 Å². The average molecular weight is 394 g/mol. The van der Waals surface area contributed by atoms with E-state index in [1.807, 2.05) is 32.0 Å². The molecule has 1 saturated heterocycles. The Morgan fingerprint density at radius 3 is 2.90 bits per heavy atom. The van der Waals surface area contributed by atoms with E-state index in [0.717, 1.165) is 17.0 Å². The highest BCUT2D eigenvalue weighted by Crippen LogP contribution is 2.27. The maximum atomic E-state index is 12.8. The first-order valence-electron chi connectivity index (χ1n) is 10.1. The zero-order chi connectivity index (χ0) is 20.2. The van der Waals surface area contributed by atoms with Crippen LogP contribution in [-0.4, -0.2) is 42.1 Å². The summed E-state index contributed by atoms with van der Waals surface area (Å²) in [6.45, 7) is 5.94. The van der Waals surface area contributed by atoms with Crippen molar-refractivity contribution in [3.8, 4) is 17.6 Å². The molecule has 1 saturated carbocycles. The van der Waals surface area contributed by atoms with Gasteiger partial charge in [0.15, 0.2) is 0 Å². The lowest BCUT2D eigenvalue weighted by Crippen LogP contribution is -2.33. The molecule has 2 aromatic rings. The summed E-state index contributed by atoms with van der Waals surface area (Å²) in [6.07, 6.45) is 4.05. The lowest BCUT2D eigenvalue weighted by molar-refractivity contribution is -0.101. The fourth-order valence-corrected chi connectivity index (χ4v) is 3.38. The van der Waals surface area contributed by atoms with Crippen molar-refractivity contribution in [2.45, 2.75) is 38.8 Å². The van der Waals surface area contributed by atoms with Crippen molar-refractivity contribution < 1.29 is 14.2 Å². The molecule has 2 atom stereocenters. The van der Waals surface area contributed by atoms with E-state index in [2.05, 4.69) is 16.8 Å². The van der Waals surface area contributed by atoms with Gasteiger partial charge in [0.1, 0.15) is 18.5 Å². The number of ether oxygens (including phenoxy) is 3. The van der Waals surface area contributed by atoms with Crippen molar-refractivity contribution in [1.29, 1.82) is 0 Å². The average Bonchev–Trinajstić information content (AvgIpc) is 3.56. The molecule has 3 heterocycles. The van der Waals surface area contributed by atoms with Gasteiger partial charge in [-0.2, -0.15) is 0 Å². The van der Waals surface area contributed by atoms with Gasteiger partial charge in [0.25, 0.3) is 5.56 Å². The Morgan fingerprint density at radius 1 is 1.31 bits per heavy atom. The molecule has 4 rings (SSSR count). The molecule has 0 N–H and O–H groups in total. The lowest BCUT2D eigenvalue weighted by Gasteiger charge is -2.23. The fraction of sp³-hybridized carbons (Fsp3) is 0.478. The molecule has 0 aromatic carbocycles. The van der Waals surface area contributed by atoms with Crippen LogP contribution in [0.25, 0.3) is 0 Å². The number of rotatable bonds is 5. The molecule has 2 fully saturated rings. The minimum Gasteiger partial charge on any atom is -0.491 e. The summed E-state index contributed by atoms with van der Waals surface area (Å²) in [7, 11) is 0. The monoisotopic (exact) mass is 394 g/mol. The van der Waals surface area contributed by atoms with Crippen LogP contribution < -0.4 is 10.3 Å². The topological polar surface area (TPSA) is 62.6 Å². The van der Waals surface area contributed by atoms with Gasteiger partial charge in [-0.15, -0.1) is 0 Å². The molecule has 0 spiro atoms. The largest absolute Gasteiger partial charge is 0.491 e. The third-order valence-corrected chi connectivity index (χ3v) is 5.15. The number of aromatic nitrogens is 2. The Hall–Kier alpha value is -2.62. The molecule has 6 nitrogen and oxygen atoms in total. The number of nitrogens with zero attached hydrogens (tertiary/aromatic N) is 2. The molecule has 152 valence electrons. The van der Waals surface area contributed by atoms with E-state index in [-0.39, 0.29) is 17.7 Å². The van der Waals surface area contributed by atoms with E-state index in [1.165, 1.54) is 18.9 Å². The minimum atomic E-state index is -0.200. The Morgan fingerprint density at radius 2 is 2.17 bits per heavy atom. The number of hydrogen-bond acceptors (Lipinski definition) is 5. The van der Waals surface area contributed by atoms with Crippen molar-refractivity contribution >= 4 is 0 Å². The predicted octanol–water partition coefficient (Wildman–Crippen LogP) is 2.72. The first-order chi connectivity index (χ1) is 14.1. The highest BCUT2D eigenvalue weighted by Gasteiger charge is 2.19. The highest BCUT2D eigenvalue weighted by molar-refractivity contribution is 5.36. The molecule has 29 heavy (non-hydrogen) atoms. The van der Waals surface area contributed by atoms with Gasteiger partial charge in [-0.25, -0.2) is 0 Å². The molecule has 2 aliphatic rings. The molecule has 2 aromatic heterocycles. The second-order valence-electron chi connectivity index (χ2n) is 7.61. The second-order valence-corrected chi connectivity index (χ2v) is 7.61. The van der Waals surface area contributed by atoms with Gasteiger partial charge < -0.3 is 18.8 Å². The first kappa shape index (κ1) is 19.7. The van der Waals surface area contributed by atoms with Gasteiger partial charge >= 0.3 is 0 Å². The molecule has 1 unspecified atom stereocenters. The summed E-state index contributed by atoms with van der Waals surface area (Å²) in [5.74, 6) is 7.58. The van der Waals surface area contributed by atoms with Crippen LogP contribution in [-0.2, 0) is 9.47 Å². The Bertz CT molecular complexity index is 978. The highest BCUT2D eigenvalue weighted by atomic mass is 16.6. The van der Waals surface area contributed by atoms with E-state index >= 15 is 0 Å². The third-order valence-electron chi connectivity index (χ3n) is 5.15. The number of aryl methyl sites for hydroxylation is 1. The summed E-state index contributed by atoms with van der Waals surface area (Å²) in [5, 5.41) is 0. The fourth-order valence-electron chi connectivity index (χ4n) is 3.38. The molecule has 0 radical (unpaired) electrons. The normalized spacial score (nSPS) is 19.9. The van der Waals surface area contributed by atoms with Crippen LogP contribution in [0.5, 0.6) is 5.75 Å². The van der Waals surface area contributed by atoms with Crippen molar-refractivity contribution in [1.82, 2.24) is 9.55 Å². The molecule has 6 heteroatoms. The third kappa shape index (κ3) is 5.06. The van der Waals surface area contributed by atoms with Crippen LogP contribution in [0.15, 0.2) is 35.3 Å². The SMILES string of the molecule is Cc1cc(OC[C@@H]2COCCO2)cc(=O)n1C(C)c1cc(C#CC2CC2)ccn1. The van der Waals surface area contributed by atoms with Gasteiger partial charge in [-0.1, -0.05) is 11.8 Å². The lowest BCUT2D eigenvalue weighted by atomic mass is 10.1. The molecule has 1 aliphatic heterocycles. The standard InChI is InChI=1S/C23H26N2O4/c1-16-11-20(29-15-21-14-27-9-10-28-21)13-23(26)25(16)17(2)22-12-19(7-8-24-22)6-5-18-3-4-18/h7-8,11-13,17-18,21H,3-4,9-10,14-15H2,1-2H3/t17?,21-/m0/s1. The van der Waals surface area contributed by atoms with E-state index in [1.54, 1.807) is 10.8 Å². The molecular formula is C23H26N2O4. The first-order valence-corrected chi connectivity index (χ1v) is 10.1. The van der Waals surface area contributed by atoms with Crippen molar-refractivity contribution in [3.63, 3.8) is 0 Å². The minimum absolute atomic E-state index is 0.103. The molecule has 1 aliphatic carbocycles. The van der Waals surface area contributed by atoms with Gasteiger partial charge in [-0.3, -0.25) is 9.78 Å². The molecule has 0 bridgehead atoms. The van der Waals surface area contributed by atoms with Gasteiger partial charge in [-0.05, 0) is 44.9 Å². The maximum Gasteiger partial charge on any atom is 0.255 e. The summed E-state index contributed by atoms with van der Waals surface area (Å²) in [5.41, 5.74) is 2.45. The second kappa shape index (κ2) is 8.81. The Kier molecular flexibility index (Phi) is 5.98. The predicted molar refractivity (Wildman–Crippen MR) is 109 cm³/mol. The Labute approximate surface area is 170 Å². The van der Waals surface area contributed by atoms with E-state index in [0.29, 0.717) is 38.1 Å². The number of pyridine rings is 2. The quantitative estimate of drug-likeness (QED) is 0.730. The van der Waals surface area contributed by atoms with E-state index in [9.17, 15) is 4.79 Å². The van der Waals surface area contributed by atoms with E-state index < -0.39 is 0 Å². The van der Waals surface area contributed by atoms with Crippen LogP contribution in [0.4, 0.5) is 0 Å². The summed E-state index contributed by atoms with van der Waals surface area (Å²) >= 11 is 0. The van der Waals surface area contributed by atoms with E-state index in [4.69, 9.17) is 14.2 Å². The number of hydrogen-bond donors (Lipinski definition) is 0. The van der Waals surface area contributed by atoms with Crippen molar-refractivity contribution in [2.75, 3.05) is 26.4 Å². The molecular weight excluding hydrogens is 368 g/mol. The summed E-state index contributed by atoms with van der Waals surface area (Å²) in [4.78, 5) is 17.3. The van der Waals surface area contributed by atoms with Crippen molar-refractivity contribution in [2.24, 2.45) is 5.92 Å². The van der Waals surface area contributed by atoms with Gasteiger partial charge in [0.2, 0.25) is 0 Å². The summed E-state index contributed by atoms with van der Waals surface area (Å²) in [6, 6.07) is 7.07. The van der Waals surface area contributed by atoms with Crippen LogP contribution in [0.3, 0.4) is 0 Å². The van der Waals surface area contributed by atoms with Crippen molar-refractivity contribution in [3.05, 3.63) is 57.8 Å². The van der Waals surface area contributed by atoms with Crippen LogP contribution >= 0.6 is 0 Å². The van der Waals surface area contributed by atoms with Crippen LogP contribution in [0, 0.1) is 24.7 Å². The molecule has 0 amide bonds. The van der Waals surface area contributed by atoms with Crippen LogP contribution in [0.2, 0.25) is 0 Å². The Balaban J connectivity index is 1.49.